The van der Waals surface area contributed by atoms with Crippen LogP contribution in [0.25, 0.3) is 10.9 Å². The summed E-state index contributed by atoms with van der Waals surface area (Å²) in [5, 5.41) is 8.63. The van der Waals surface area contributed by atoms with Crippen molar-refractivity contribution in [1.29, 1.82) is 5.41 Å². The van der Waals surface area contributed by atoms with E-state index in [0.29, 0.717) is 0 Å². The van der Waals surface area contributed by atoms with Gasteiger partial charge in [-0.25, -0.2) is 0 Å². The molecule has 0 aliphatic rings. The summed E-state index contributed by atoms with van der Waals surface area (Å²) in [5.74, 6) is 0.0944. The highest BCUT2D eigenvalue weighted by Gasteiger charge is 2.03. The zero-order valence-electron chi connectivity index (χ0n) is 11.0. The molecule has 0 aliphatic carbocycles. The lowest BCUT2D eigenvalue weighted by atomic mass is 10.1. The molecule has 4 nitrogen and oxygen atoms in total. The first-order valence-electron chi connectivity index (χ1n) is 6.41. The van der Waals surface area contributed by atoms with Crippen LogP contribution in [-0.4, -0.2) is 10.4 Å². The van der Waals surface area contributed by atoms with Gasteiger partial charge >= 0.3 is 0 Å². The molecule has 2 aromatic carbocycles. The number of fused-ring (bicyclic) bond motifs is 1. The van der Waals surface area contributed by atoms with E-state index in [0.717, 1.165) is 34.3 Å². The van der Waals surface area contributed by atoms with Gasteiger partial charge in [0.25, 0.3) is 0 Å². The van der Waals surface area contributed by atoms with Crippen molar-refractivity contribution < 1.29 is 0 Å². The molecular formula is C16H16N4. The van der Waals surface area contributed by atoms with Crippen molar-refractivity contribution in [2.45, 2.75) is 6.54 Å². The summed E-state index contributed by atoms with van der Waals surface area (Å²) in [6, 6.07) is 15.7. The average molecular weight is 264 g/mol. The van der Waals surface area contributed by atoms with Gasteiger partial charge in [-0.05, 0) is 35.9 Å². The van der Waals surface area contributed by atoms with Gasteiger partial charge in [0.2, 0.25) is 0 Å². The summed E-state index contributed by atoms with van der Waals surface area (Å²) in [6.07, 6.45) is 2.05. The molecule has 0 atom stereocenters. The minimum absolute atomic E-state index is 0.0944. The van der Waals surface area contributed by atoms with Crippen molar-refractivity contribution in [3.8, 4) is 0 Å². The summed E-state index contributed by atoms with van der Waals surface area (Å²) in [6.45, 7) is 0.745. The normalized spacial score (nSPS) is 10.8. The molecule has 0 bridgehead atoms. The van der Waals surface area contributed by atoms with Gasteiger partial charge in [0.1, 0.15) is 5.84 Å². The number of benzene rings is 2. The van der Waals surface area contributed by atoms with Crippen LogP contribution in [0.5, 0.6) is 0 Å². The Bertz CT molecular complexity index is 786. The van der Waals surface area contributed by atoms with Crippen LogP contribution in [0, 0.1) is 5.41 Å². The molecule has 5 N–H and O–H groups in total. The highest BCUT2D eigenvalue weighted by molar-refractivity contribution is 5.95. The lowest BCUT2D eigenvalue weighted by Crippen LogP contribution is -2.11. The standard InChI is InChI=1S/C16H16N4/c17-14-4-5-15-12(9-14)6-7-20(15)10-11-2-1-3-13(8-11)16(18)19/h1-9H,10,17H2,(H3,18,19). The molecule has 0 fully saturated rings. The fourth-order valence-electron chi connectivity index (χ4n) is 2.39. The van der Waals surface area contributed by atoms with Crippen LogP contribution in [0.2, 0.25) is 0 Å². The van der Waals surface area contributed by atoms with E-state index in [4.69, 9.17) is 16.9 Å². The van der Waals surface area contributed by atoms with E-state index in [-0.39, 0.29) is 5.84 Å². The predicted molar refractivity (Wildman–Crippen MR) is 82.9 cm³/mol. The second kappa shape index (κ2) is 4.74. The number of hydrogen-bond donors (Lipinski definition) is 3. The topological polar surface area (TPSA) is 80.8 Å². The molecule has 4 heteroatoms. The molecule has 0 aliphatic heterocycles. The first-order chi connectivity index (χ1) is 9.63. The third-order valence-electron chi connectivity index (χ3n) is 3.39. The summed E-state index contributed by atoms with van der Waals surface area (Å²) >= 11 is 0. The summed E-state index contributed by atoms with van der Waals surface area (Å²) in [7, 11) is 0. The third kappa shape index (κ3) is 2.23. The number of hydrogen-bond acceptors (Lipinski definition) is 2. The Balaban J connectivity index is 1.97. The average Bonchev–Trinajstić information content (AvgIpc) is 2.81. The van der Waals surface area contributed by atoms with Crippen molar-refractivity contribution in [1.82, 2.24) is 4.57 Å². The van der Waals surface area contributed by atoms with Crippen molar-refractivity contribution >= 4 is 22.4 Å². The molecule has 1 heterocycles. The van der Waals surface area contributed by atoms with E-state index in [9.17, 15) is 0 Å². The Hall–Kier alpha value is -2.75. The van der Waals surface area contributed by atoms with E-state index >= 15 is 0 Å². The molecule has 0 saturated carbocycles. The Kier molecular flexibility index (Phi) is 2.91. The number of amidine groups is 1. The number of nitrogens with two attached hydrogens (primary N) is 2. The fraction of sp³-hybridized carbons (Fsp3) is 0.0625. The third-order valence-corrected chi connectivity index (χ3v) is 3.39. The lowest BCUT2D eigenvalue weighted by Gasteiger charge is -2.07. The van der Waals surface area contributed by atoms with E-state index in [1.54, 1.807) is 0 Å². The zero-order valence-corrected chi connectivity index (χ0v) is 11.0. The second-order valence-corrected chi connectivity index (χ2v) is 4.88. The SMILES string of the molecule is N=C(N)c1cccc(Cn2ccc3cc(N)ccc32)c1. The molecule has 0 saturated heterocycles. The number of nitrogens with zero attached hydrogens (tertiary/aromatic N) is 1. The maximum absolute atomic E-state index is 7.49. The number of nitrogen functional groups attached to an aromatic ring is 2. The number of aromatic nitrogens is 1. The van der Waals surface area contributed by atoms with Crippen LogP contribution in [-0.2, 0) is 6.54 Å². The molecule has 0 unspecified atom stereocenters. The molecule has 3 rings (SSSR count). The van der Waals surface area contributed by atoms with Gasteiger partial charge in [-0.3, -0.25) is 5.41 Å². The van der Waals surface area contributed by atoms with Gasteiger partial charge in [0, 0.05) is 34.9 Å². The second-order valence-electron chi connectivity index (χ2n) is 4.88. The van der Waals surface area contributed by atoms with Crippen LogP contribution < -0.4 is 11.5 Å². The number of nitrogens with one attached hydrogen (secondary N) is 1. The lowest BCUT2D eigenvalue weighted by molar-refractivity contribution is 0.836. The van der Waals surface area contributed by atoms with E-state index in [1.165, 1.54) is 0 Å². The number of rotatable bonds is 3. The highest BCUT2D eigenvalue weighted by atomic mass is 14.9. The Labute approximate surface area is 117 Å². The smallest absolute Gasteiger partial charge is 0.122 e. The maximum atomic E-state index is 7.49. The van der Waals surface area contributed by atoms with Crippen LogP contribution in [0.3, 0.4) is 0 Å². The molecule has 0 radical (unpaired) electrons. The zero-order chi connectivity index (χ0) is 14.1. The van der Waals surface area contributed by atoms with Gasteiger partial charge in [0.05, 0.1) is 0 Å². The fourth-order valence-corrected chi connectivity index (χ4v) is 2.39. The van der Waals surface area contributed by atoms with Gasteiger partial charge in [-0.1, -0.05) is 18.2 Å². The molecule has 0 spiro atoms. The van der Waals surface area contributed by atoms with E-state index in [2.05, 4.69) is 10.6 Å². The van der Waals surface area contributed by atoms with Gasteiger partial charge < -0.3 is 16.0 Å². The summed E-state index contributed by atoms with van der Waals surface area (Å²) in [4.78, 5) is 0. The Morgan fingerprint density at radius 2 is 1.95 bits per heavy atom. The van der Waals surface area contributed by atoms with Gasteiger partial charge in [-0.15, -0.1) is 0 Å². The highest BCUT2D eigenvalue weighted by Crippen LogP contribution is 2.20. The van der Waals surface area contributed by atoms with E-state index < -0.39 is 0 Å². The first-order valence-corrected chi connectivity index (χ1v) is 6.41. The van der Waals surface area contributed by atoms with Crippen LogP contribution in [0.15, 0.2) is 54.7 Å². The van der Waals surface area contributed by atoms with Crippen molar-refractivity contribution in [3.05, 3.63) is 65.9 Å². The molecule has 1 aromatic heterocycles. The Morgan fingerprint density at radius 1 is 1.10 bits per heavy atom. The quantitative estimate of drug-likeness (QED) is 0.386. The minimum atomic E-state index is 0.0944. The van der Waals surface area contributed by atoms with Crippen LogP contribution >= 0.6 is 0 Å². The molecule has 0 amide bonds. The minimum Gasteiger partial charge on any atom is -0.399 e. The molecule has 100 valence electrons. The largest absolute Gasteiger partial charge is 0.399 e. The number of anilines is 1. The Morgan fingerprint density at radius 3 is 2.75 bits per heavy atom. The first kappa shape index (κ1) is 12.3. The van der Waals surface area contributed by atoms with Crippen LogP contribution in [0.1, 0.15) is 11.1 Å². The molecule has 3 aromatic rings. The van der Waals surface area contributed by atoms with Crippen molar-refractivity contribution in [3.63, 3.8) is 0 Å². The predicted octanol–water partition coefficient (Wildman–Crippen LogP) is 2.56. The van der Waals surface area contributed by atoms with Gasteiger partial charge in [0.15, 0.2) is 0 Å². The summed E-state index contributed by atoms with van der Waals surface area (Å²) < 4.78 is 2.16. The van der Waals surface area contributed by atoms with Crippen molar-refractivity contribution in [2.75, 3.05) is 5.73 Å². The van der Waals surface area contributed by atoms with Gasteiger partial charge in [-0.2, -0.15) is 0 Å². The van der Waals surface area contributed by atoms with Crippen molar-refractivity contribution in [2.24, 2.45) is 5.73 Å². The molecule has 20 heavy (non-hydrogen) atoms. The monoisotopic (exact) mass is 264 g/mol. The van der Waals surface area contributed by atoms with Crippen LogP contribution in [0.4, 0.5) is 5.69 Å². The maximum Gasteiger partial charge on any atom is 0.122 e. The summed E-state index contributed by atoms with van der Waals surface area (Å²) in [5.41, 5.74) is 15.1. The van der Waals surface area contributed by atoms with E-state index in [1.807, 2.05) is 48.7 Å². The molecular weight excluding hydrogens is 248 g/mol.